The van der Waals surface area contributed by atoms with Gasteiger partial charge in [0.15, 0.2) is 0 Å². The lowest BCUT2D eigenvalue weighted by Gasteiger charge is -2.15. The van der Waals surface area contributed by atoms with Gasteiger partial charge in [-0.2, -0.15) is 0 Å². The Bertz CT molecular complexity index is 954. The fraction of sp³-hybridized carbons (Fsp3) is 0.150. The molecule has 0 atom stereocenters. The molecule has 2 aromatic carbocycles. The molecule has 1 heterocycles. The lowest BCUT2D eigenvalue weighted by atomic mass is 10.1. The molecule has 0 unspecified atom stereocenters. The highest BCUT2D eigenvalue weighted by atomic mass is 32.2. The van der Waals surface area contributed by atoms with Crippen LogP contribution in [0.2, 0.25) is 0 Å². The summed E-state index contributed by atoms with van der Waals surface area (Å²) in [6, 6.07) is 12.1. The first kappa shape index (κ1) is 18.8. The van der Waals surface area contributed by atoms with Crippen LogP contribution in [0.1, 0.15) is 19.4 Å². The van der Waals surface area contributed by atoms with Gasteiger partial charge in [-0.05, 0) is 41.6 Å². The van der Waals surface area contributed by atoms with Crippen LogP contribution in [0.4, 0.5) is 15.8 Å². The maximum absolute atomic E-state index is 13.6. The standard InChI is InChI=1S/C20H17FN2O3S/c1-3-27-18-17(13-7-9-15(10-8-13)22-12(2)24)19(25)23(20(18)26)16-6-4-5-14(21)11-16/h4-11H,3H2,1-2H3,(H,22,24). The van der Waals surface area contributed by atoms with Crippen molar-refractivity contribution in [1.82, 2.24) is 0 Å². The van der Waals surface area contributed by atoms with E-state index in [1.54, 1.807) is 24.3 Å². The molecule has 0 bridgehead atoms. The molecule has 5 nitrogen and oxygen atoms in total. The number of benzene rings is 2. The summed E-state index contributed by atoms with van der Waals surface area (Å²) in [4.78, 5) is 38.4. The number of hydrogen-bond donors (Lipinski definition) is 1. The second kappa shape index (κ2) is 7.75. The highest BCUT2D eigenvalue weighted by molar-refractivity contribution is 8.04. The summed E-state index contributed by atoms with van der Waals surface area (Å²) in [6.45, 7) is 3.29. The molecule has 0 aliphatic carbocycles. The predicted molar refractivity (Wildman–Crippen MR) is 105 cm³/mol. The average molecular weight is 384 g/mol. The van der Waals surface area contributed by atoms with Gasteiger partial charge in [-0.15, -0.1) is 11.8 Å². The molecule has 3 rings (SSSR count). The molecule has 0 spiro atoms. The Kier molecular flexibility index (Phi) is 5.41. The second-order valence-electron chi connectivity index (χ2n) is 5.82. The Labute approximate surface area is 160 Å². The molecule has 0 saturated carbocycles. The van der Waals surface area contributed by atoms with Crippen LogP contribution < -0.4 is 10.2 Å². The number of imide groups is 1. The summed E-state index contributed by atoms with van der Waals surface area (Å²) in [7, 11) is 0. The molecular weight excluding hydrogens is 367 g/mol. The number of nitrogens with zero attached hydrogens (tertiary/aromatic N) is 1. The van der Waals surface area contributed by atoms with Crippen LogP contribution in [0.15, 0.2) is 53.4 Å². The van der Waals surface area contributed by atoms with Crippen molar-refractivity contribution >= 4 is 46.4 Å². The van der Waals surface area contributed by atoms with Gasteiger partial charge < -0.3 is 5.32 Å². The van der Waals surface area contributed by atoms with E-state index < -0.39 is 17.6 Å². The SMILES string of the molecule is CCSC1=C(c2ccc(NC(C)=O)cc2)C(=O)N(c2cccc(F)c2)C1=O. The summed E-state index contributed by atoms with van der Waals surface area (Å²) in [6.07, 6.45) is 0. The molecule has 1 aliphatic rings. The van der Waals surface area contributed by atoms with Gasteiger partial charge in [0.1, 0.15) is 5.82 Å². The first-order valence-corrected chi connectivity index (χ1v) is 9.30. The number of carbonyl (C=O) groups excluding carboxylic acids is 3. The first-order valence-electron chi connectivity index (χ1n) is 8.31. The van der Waals surface area contributed by atoms with Gasteiger partial charge in [-0.1, -0.05) is 25.1 Å². The third kappa shape index (κ3) is 3.78. The van der Waals surface area contributed by atoms with E-state index in [1.165, 1.54) is 36.9 Å². The van der Waals surface area contributed by atoms with Crippen molar-refractivity contribution in [3.8, 4) is 0 Å². The number of anilines is 2. The Hall–Kier alpha value is -2.93. The number of thioether (sulfide) groups is 1. The van der Waals surface area contributed by atoms with E-state index in [4.69, 9.17) is 0 Å². The van der Waals surface area contributed by atoms with Crippen LogP contribution >= 0.6 is 11.8 Å². The van der Waals surface area contributed by atoms with Crippen LogP contribution in [0.5, 0.6) is 0 Å². The van der Waals surface area contributed by atoms with Crippen molar-refractivity contribution in [2.45, 2.75) is 13.8 Å². The number of carbonyl (C=O) groups is 3. The van der Waals surface area contributed by atoms with Gasteiger partial charge in [-0.25, -0.2) is 9.29 Å². The Balaban J connectivity index is 2.02. The van der Waals surface area contributed by atoms with Gasteiger partial charge in [0.25, 0.3) is 11.8 Å². The summed E-state index contributed by atoms with van der Waals surface area (Å²) in [5.41, 5.74) is 1.64. The first-order chi connectivity index (χ1) is 12.9. The van der Waals surface area contributed by atoms with Crippen LogP contribution in [-0.4, -0.2) is 23.5 Å². The predicted octanol–water partition coefficient (Wildman–Crippen LogP) is 3.82. The van der Waals surface area contributed by atoms with E-state index in [2.05, 4.69) is 5.32 Å². The molecule has 138 valence electrons. The highest BCUT2D eigenvalue weighted by Crippen LogP contribution is 2.38. The third-order valence-corrected chi connectivity index (χ3v) is 4.85. The molecule has 0 fully saturated rings. The Morgan fingerprint density at radius 2 is 1.81 bits per heavy atom. The smallest absolute Gasteiger partial charge is 0.272 e. The van der Waals surface area contributed by atoms with Gasteiger partial charge in [0.05, 0.1) is 16.2 Å². The highest BCUT2D eigenvalue weighted by Gasteiger charge is 2.40. The molecule has 2 aromatic rings. The molecule has 0 aromatic heterocycles. The van der Waals surface area contributed by atoms with Crippen molar-refractivity contribution in [3.63, 3.8) is 0 Å². The summed E-state index contributed by atoms with van der Waals surface area (Å²) < 4.78 is 13.6. The van der Waals surface area contributed by atoms with Crippen LogP contribution in [-0.2, 0) is 14.4 Å². The summed E-state index contributed by atoms with van der Waals surface area (Å²) in [5.74, 6) is -1.06. The van der Waals surface area contributed by atoms with Crippen molar-refractivity contribution in [3.05, 3.63) is 64.8 Å². The van der Waals surface area contributed by atoms with Gasteiger partial charge in [0, 0.05) is 12.6 Å². The maximum atomic E-state index is 13.6. The average Bonchev–Trinajstić information content (AvgIpc) is 2.86. The van der Waals surface area contributed by atoms with Gasteiger partial charge in [0.2, 0.25) is 5.91 Å². The monoisotopic (exact) mass is 384 g/mol. The van der Waals surface area contributed by atoms with Crippen molar-refractivity contribution < 1.29 is 18.8 Å². The Morgan fingerprint density at radius 1 is 1.11 bits per heavy atom. The van der Waals surface area contributed by atoms with Crippen LogP contribution in [0.3, 0.4) is 0 Å². The van der Waals surface area contributed by atoms with Crippen LogP contribution in [0, 0.1) is 5.82 Å². The van der Waals surface area contributed by atoms with E-state index in [-0.39, 0.29) is 17.2 Å². The molecule has 0 saturated heterocycles. The zero-order chi connectivity index (χ0) is 19.6. The van der Waals surface area contributed by atoms with E-state index in [9.17, 15) is 18.8 Å². The molecular formula is C20H17FN2O3S. The minimum absolute atomic E-state index is 0.198. The third-order valence-electron chi connectivity index (χ3n) is 3.89. The van der Waals surface area contributed by atoms with E-state index >= 15 is 0 Å². The molecule has 27 heavy (non-hydrogen) atoms. The minimum atomic E-state index is -0.522. The van der Waals surface area contributed by atoms with Gasteiger partial charge >= 0.3 is 0 Å². The molecule has 7 heteroatoms. The van der Waals surface area contributed by atoms with E-state index in [0.29, 0.717) is 21.9 Å². The van der Waals surface area contributed by atoms with Gasteiger partial charge in [-0.3, -0.25) is 14.4 Å². The molecule has 0 radical (unpaired) electrons. The van der Waals surface area contributed by atoms with Crippen molar-refractivity contribution in [2.75, 3.05) is 16.0 Å². The second-order valence-corrected chi connectivity index (χ2v) is 7.10. The largest absolute Gasteiger partial charge is 0.326 e. The summed E-state index contributed by atoms with van der Waals surface area (Å²) >= 11 is 1.28. The van der Waals surface area contributed by atoms with Crippen molar-refractivity contribution in [2.24, 2.45) is 0 Å². The molecule has 3 amide bonds. The van der Waals surface area contributed by atoms with Crippen molar-refractivity contribution in [1.29, 1.82) is 0 Å². The fourth-order valence-corrected chi connectivity index (χ4v) is 3.67. The fourth-order valence-electron chi connectivity index (χ4n) is 2.82. The number of nitrogens with one attached hydrogen (secondary N) is 1. The quantitative estimate of drug-likeness (QED) is 0.796. The Morgan fingerprint density at radius 3 is 2.41 bits per heavy atom. The van der Waals surface area contributed by atoms with E-state index in [0.717, 1.165) is 11.0 Å². The number of halogens is 1. The number of hydrogen-bond acceptors (Lipinski definition) is 4. The lowest BCUT2D eigenvalue weighted by molar-refractivity contribution is -0.120. The zero-order valence-electron chi connectivity index (χ0n) is 14.8. The molecule has 1 N–H and O–H groups in total. The minimum Gasteiger partial charge on any atom is -0.326 e. The van der Waals surface area contributed by atoms with Crippen LogP contribution in [0.25, 0.3) is 5.57 Å². The molecule has 1 aliphatic heterocycles. The number of rotatable bonds is 5. The van der Waals surface area contributed by atoms with E-state index in [1.807, 2.05) is 6.92 Å². The zero-order valence-corrected chi connectivity index (χ0v) is 15.6. The summed E-state index contributed by atoms with van der Waals surface area (Å²) in [5, 5.41) is 2.66. The normalized spacial score (nSPS) is 14.1. The maximum Gasteiger partial charge on any atom is 0.272 e. The number of amides is 3. The lowest BCUT2D eigenvalue weighted by Crippen LogP contribution is -2.31. The topological polar surface area (TPSA) is 66.5 Å².